The summed E-state index contributed by atoms with van der Waals surface area (Å²) in [5.41, 5.74) is 2.63. The van der Waals surface area contributed by atoms with Crippen molar-refractivity contribution in [2.75, 3.05) is 5.32 Å². The van der Waals surface area contributed by atoms with Crippen LogP contribution < -0.4 is 10.6 Å². The summed E-state index contributed by atoms with van der Waals surface area (Å²) >= 11 is 14.0. The molecule has 0 spiro atoms. The van der Waals surface area contributed by atoms with Crippen molar-refractivity contribution in [2.45, 2.75) is 19.8 Å². The number of carbonyl (C=O) groups excluding carboxylic acids is 1. The van der Waals surface area contributed by atoms with Crippen molar-refractivity contribution < 1.29 is 4.79 Å². The summed E-state index contributed by atoms with van der Waals surface area (Å²) in [6.07, 6.45) is 1.21. The first-order valence-electron chi connectivity index (χ1n) is 7.93. The predicted octanol–water partition coefficient (Wildman–Crippen LogP) is 6.10. The van der Waals surface area contributed by atoms with E-state index in [1.54, 1.807) is 11.3 Å². The fraction of sp³-hybridized carbons (Fsp3) is 0.167. The number of carbonyl (C=O) groups is 1. The number of benzene rings is 2. The normalized spacial score (nSPS) is 10.7. The van der Waals surface area contributed by atoms with E-state index in [9.17, 15) is 4.79 Å². The summed E-state index contributed by atoms with van der Waals surface area (Å²) in [6, 6.07) is 11.9. The van der Waals surface area contributed by atoms with Gasteiger partial charge in [0.15, 0.2) is 5.11 Å². The first-order valence-corrected chi connectivity index (χ1v) is 10.7. The minimum absolute atomic E-state index is 0.0974. The van der Waals surface area contributed by atoms with Gasteiger partial charge in [-0.1, -0.05) is 35.0 Å². The maximum atomic E-state index is 11.8. The first kappa shape index (κ1) is 19.4. The molecule has 4 nitrogen and oxygen atoms in total. The van der Waals surface area contributed by atoms with E-state index in [-0.39, 0.29) is 11.0 Å². The lowest BCUT2D eigenvalue weighted by Gasteiger charge is -2.15. The smallest absolute Gasteiger partial charge is 0.226 e. The number of halogens is 2. The Morgan fingerprint density at radius 2 is 2.04 bits per heavy atom. The van der Waals surface area contributed by atoms with Gasteiger partial charge in [0.25, 0.3) is 0 Å². The number of hydrogen-bond donors (Lipinski definition) is 2. The number of para-hydroxylation sites is 1. The van der Waals surface area contributed by atoms with Crippen LogP contribution in [0.5, 0.6) is 0 Å². The van der Waals surface area contributed by atoms with E-state index in [1.807, 2.05) is 43.3 Å². The molecule has 26 heavy (non-hydrogen) atoms. The second kappa shape index (κ2) is 8.56. The molecule has 3 rings (SSSR count). The number of fused-ring (bicyclic) bond motifs is 1. The molecule has 0 atom stereocenters. The van der Waals surface area contributed by atoms with Crippen molar-refractivity contribution in [3.05, 3.63) is 45.3 Å². The molecule has 0 saturated carbocycles. The lowest BCUT2D eigenvalue weighted by Crippen LogP contribution is -2.34. The Morgan fingerprint density at radius 1 is 1.27 bits per heavy atom. The van der Waals surface area contributed by atoms with Crippen molar-refractivity contribution in [3.8, 4) is 10.6 Å². The molecule has 1 heterocycles. The van der Waals surface area contributed by atoms with E-state index in [0.717, 1.165) is 41.8 Å². The molecule has 134 valence electrons. The summed E-state index contributed by atoms with van der Waals surface area (Å²) in [4.78, 5) is 16.5. The summed E-state index contributed by atoms with van der Waals surface area (Å²) in [5.74, 6) is -0.0974. The summed E-state index contributed by atoms with van der Waals surface area (Å²) in [7, 11) is 0. The maximum Gasteiger partial charge on any atom is 0.226 e. The average Bonchev–Trinajstić information content (AvgIpc) is 3.01. The van der Waals surface area contributed by atoms with Crippen molar-refractivity contribution in [1.29, 1.82) is 0 Å². The average molecular weight is 513 g/mol. The van der Waals surface area contributed by atoms with E-state index in [4.69, 9.17) is 17.2 Å². The van der Waals surface area contributed by atoms with E-state index in [2.05, 4.69) is 42.5 Å². The van der Waals surface area contributed by atoms with Gasteiger partial charge in [0.05, 0.1) is 15.9 Å². The number of anilines is 1. The number of nitrogens with one attached hydrogen (secondary N) is 2. The van der Waals surface area contributed by atoms with Gasteiger partial charge < -0.3 is 10.6 Å². The highest BCUT2D eigenvalue weighted by atomic mass is 79.9. The molecule has 0 aliphatic rings. The van der Waals surface area contributed by atoms with Gasteiger partial charge in [0.1, 0.15) is 5.01 Å². The second-order valence-electron chi connectivity index (χ2n) is 5.55. The molecular formula is C18H15Br2N3OS2. The van der Waals surface area contributed by atoms with Crippen LogP contribution in [-0.4, -0.2) is 16.0 Å². The Balaban J connectivity index is 1.97. The molecule has 1 aromatic heterocycles. The van der Waals surface area contributed by atoms with Crippen LogP contribution in [0.4, 0.5) is 5.69 Å². The fourth-order valence-corrected chi connectivity index (χ4v) is 4.95. The highest BCUT2D eigenvalue weighted by molar-refractivity contribution is 9.11. The van der Waals surface area contributed by atoms with Gasteiger partial charge in [-0.25, -0.2) is 4.98 Å². The molecule has 0 fully saturated rings. The van der Waals surface area contributed by atoms with Gasteiger partial charge in [0, 0.05) is 20.9 Å². The number of nitrogens with zero attached hydrogens (tertiary/aromatic N) is 1. The number of thiocarbonyl (C=S) groups is 1. The molecule has 0 aliphatic carbocycles. The predicted molar refractivity (Wildman–Crippen MR) is 120 cm³/mol. The molecule has 2 N–H and O–H groups in total. The Bertz CT molecular complexity index is 955. The van der Waals surface area contributed by atoms with Crippen LogP contribution in [0, 0.1) is 0 Å². The van der Waals surface area contributed by atoms with Gasteiger partial charge in [-0.3, -0.25) is 4.79 Å². The van der Waals surface area contributed by atoms with Crippen molar-refractivity contribution in [3.63, 3.8) is 0 Å². The summed E-state index contributed by atoms with van der Waals surface area (Å²) < 4.78 is 2.86. The van der Waals surface area contributed by atoms with Gasteiger partial charge >= 0.3 is 0 Å². The molecule has 8 heteroatoms. The Hall–Kier alpha value is -1.35. The van der Waals surface area contributed by atoms with Crippen molar-refractivity contribution >= 4 is 82.3 Å². The van der Waals surface area contributed by atoms with Gasteiger partial charge in [-0.05, 0) is 58.8 Å². The zero-order valence-corrected chi connectivity index (χ0v) is 18.6. The van der Waals surface area contributed by atoms with E-state index in [1.165, 1.54) is 0 Å². The third-order valence-corrected chi connectivity index (χ3v) is 5.90. The highest BCUT2D eigenvalue weighted by Crippen LogP contribution is 2.40. The molecule has 0 unspecified atom stereocenters. The van der Waals surface area contributed by atoms with Crippen LogP contribution in [0.1, 0.15) is 19.8 Å². The molecule has 0 bridgehead atoms. The SMILES string of the molecule is CCCC(=O)NC(=S)Nc1c(Br)cc(Br)cc1-c1nc2ccccc2s1. The maximum absolute atomic E-state index is 11.8. The molecular weight excluding hydrogens is 498 g/mol. The Kier molecular flexibility index (Phi) is 6.39. The van der Waals surface area contributed by atoms with Crippen LogP contribution >= 0.6 is 55.4 Å². The lowest BCUT2D eigenvalue weighted by atomic mass is 10.2. The van der Waals surface area contributed by atoms with Crippen LogP contribution in [0.25, 0.3) is 20.8 Å². The van der Waals surface area contributed by atoms with E-state index < -0.39 is 0 Å². The molecule has 3 aromatic rings. The fourth-order valence-electron chi connectivity index (χ4n) is 2.42. The van der Waals surface area contributed by atoms with Crippen LogP contribution in [0.3, 0.4) is 0 Å². The number of amides is 1. The monoisotopic (exact) mass is 511 g/mol. The highest BCUT2D eigenvalue weighted by Gasteiger charge is 2.16. The minimum atomic E-state index is -0.0974. The van der Waals surface area contributed by atoms with Crippen molar-refractivity contribution in [1.82, 2.24) is 10.3 Å². The van der Waals surface area contributed by atoms with Crippen LogP contribution in [0.15, 0.2) is 45.3 Å². The number of hydrogen-bond acceptors (Lipinski definition) is 4. The first-order chi connectivity index (χ1) is 12.5. The summed E-state index contributed by atoms with van der Waals surface area (Å²) in [6.45, 7) is 1.95. The Labute approximate surface area is 177 Å². The number of aromatic nitrogens is 1. The van der Waals surface area contributed by atoms with E-state index >= 15 is 0 Å². The van der Waals surface area contributed by atoms with Gasteiger partial charge in [-0.2, -0.15) is 0 Å². The summed E-state index contributed by atoms with van der Waals surface area (Å²) in [5, 5.41) is 6.99. The number of thiazole rings is 1. The second-order valence-corrected chi connectivity index (χ2v) is 8.76. The third-order valence-electron chi connectivity index (χ3n) is 3.55. The zero-order chi connectivity index (χ0) is 18.7. The van der Waals surface area contributed by atoms with Gasteiger partial charge in [0.2, 0.25) is 5.91 Å². The third kappa shape index (κ3) is 4.49. The van der Waals surface area contributed by atoms with Crippen LogP contribution in [0.2, 0.25) is 0 Å². The molecule has 2 aromatic carbocycles. The molecule has 1 amide bonds. The minimum Gasteiger partial charge on any atom is -0.331 e. The number of rotatable bonds is 4. The topological polar surface area (TPSA) is 54.0 Å². The zero-order valence-electron chi connectivity index (χ0n) is 13.8. The van der Waals surface area contributed by atoms with E-state index in [0.29, 0.717) is 6.42 Å². The van der Waals surface area contributed by atoms with Gasteiger partial charge in [-0.15, -0.1) is 11.3 Å². The quantitative estimate of drug-likeness (QED) is 0.414. The molecule has 0 aliphatic heterocycles. The Morgan fingerprint density at radius 3 is 2.77 bits per heavy atom. The largest absolute Gasteiger partial charge is 0.331 e. The van der Waals surface area contributed by atoms with Crippen molar-refractivity contribution in [2.24, 2.45) is 0 Å². The standard InChI is InChI=1S/C18H15Br2N3OS2/c1-2-5-15(24)22-18(25)23-16-11(8-10(19)9-12(16)20)17-21-13-6-3-4-7-14(13)26-17/h3-4,6-9H,2,5H2,1H3,(H2,22,23,24,25). The lowest BCUT2D eigenvalue weighted by molar-refractivity contribution is -0.119. The van der Waals surface area contributed by atoms with Crippen LogP contribution in [-0.2, 0) is 4.79 Å². The molecule has 0 saturated heterocycles. The molecule has 0 radical (unpaired) electrons.